The van der Waals surface area contributed by atoms with Crippen LogP contribution >= 0.6 is 11.6 Å². The minimum Gasteiger partial charge on any atom is -0.327 e. The van der Waals surface area contributed by atoms with Crippen LogP contribution in [0.4, 0.5) is 11.5 Å². The van der Waals surface area contributed by atoms with Crippen molar-refractivity contribution in [1.29, 1.82) is 0 Å². The highest BCUT2D eigenvalue weighted by Gasteiger charge is 2.10. The number of rotatable bonds is 3. The molecule has 0 spiro atoms. The molecule has 18 heavy (non-hydrogen) atoms. The summed E-state index contributed by atoms with van der Waals surface area (Å²) >= 11 is 5.92. The van der Waals surface area contributed by atoms with Crippen LogP contribution in [-0.2, 0) is 0 Å². The Kier molecular flexibility index (Phi) is 3.82. The van der Waals surface area contributed by atoms with Gasteiger partial charge in [0.25, 0.3) is 0 Å². The maximum absolute atomic E-state index is 5.92. The molecule has 0 aliphatic heterocycles. The van der Waals surface area contributed by atoms with Crippen LogP contribution in [0, 0.1) is 13.8 Å². The second kappa shape index (κ2) is 5.36. The van der Waals surface area contributed by atoms with Crippen molar-refractivity contribution in [2.45, 2.75) is 20.8 Å². The van der Waals surface area contributed by atoms with E-state index in [9.17, 15) is 0 Å². The van der Waals surface area contributed by atoms with Crippen LogP contribution in [0.5, 0.6) is 0 Å². The lowest BCUT2D eigenvalue weighted by molar-refractivity contribution is 0.965. The maximum Gasteiger partial charge on any atom is 0.224 e. The minimum absolute atomic E-state index is 0.288. The number of hydrogen-bond acceptors (Lipinski definition) is 3. The highest BCUT2D eigenvalue weighted by Crippen LogP contribution is 2.25. The summed E-state index contributed by atoms with van der Waals surface area (Å²) in [6.07, 6.45) is 0. The van der Waals surface area contributed by atoms with Crippen molar-refractivity contribution in [3.8, 4) is 0 Å². The number of benzene rings is 1. The molecule has 0 aliphatic rings. The molecule has 0 aliphatic carbocycles. The standard InChI is InChI=1S/C14H16ClN3/c1-4-18(12-7-5-6-10(2)8-12)13-9-11(3)16-14(15)17-13/h5-9H,4H2,1-3H3. The topological polar surface area (TPSA) is 29.0 Å². The van der Waals surface area contributed by atoms with Crippen LogP contribution in [-0.4, -0.2) is 16.5 Å². The van der Waals surface area contributed by atoms with E-state index in [2.05, 4.69) is 46.9 Å². The second-order valence-corrected chi connectivity index (χ2v) is 4.56. The van der Waals surface area contributed by atoms with E-state index in [0.717, 1.165) is 23.7 Å². The molecular formula is C14H16ClN3. The predicted octanol–water partition coefficient (Wildman–Crippen LogP) is 3.90. The Morgan fingerprint density at radius 1 is 1.17 bits per heavy atom. The van der Waals surface area contributed by atoms with Crippen LogP contribution in [0.1, 0.15) is 18.2 Å². The van der Waals surface area contributed by atoms with Crippen molar-refractivity contribution >= 4 is 23.1 Å². The third-order valence-electron chi connectivity index (χ3n) is 2.72. The number of halogens is 1. The molecule has 94 valence electrons. The van der Waals surface area contributed by atoms with Gasteiger partial charge in [-0.2, -0.15) is 0 Å². The summed E-state index contributed by atoms with van der Waals surface area (Å²) in [4.78, 5) is 10.5. The van der Waals surface area contributed by atoms with E-state index in [1.165, 1.54) is 5.56 Å². The fraction of sp³-hybridized carbons (Fsp3) is 0.286. The van der Waals surface area contributed by atoms with E-state index >= 15 is 0 Å². The SMILES string of the molecule is CCN(c1cccc(C)c1)c1cc(C)nc(Cl)n1. The van der Waals surface area contributed by atoms with Crippen LogP contribution < -0.4 is 4.90 Å². The molecule has 0 atom stereocenters. The van der Waals surface area contributed by atoms with Gasteiger partial charge in [0.1, 0.15) is 5.82 Å². The number of aryl methyl sites for hydroxylation is 2. The van der Waals surface area contributed by atoms with E-state index < -0.39 is 0 Å². The van der Waals surface area contributed by atoms with E-state index in [4.69, 9.17) is 11.6 Å². The van der Waals surface area contributed by atoms with Gasteiger partial charge in [-0.15, -0.1) is 0 Å². The van der Waals surface area contributed by atoms with Gasteiger partial charge in [-0.3, -0.25) is 0 Å². The van der Waals surface area contributed by atoms with Crippen LogP contribution in [0.2, 0.25) is 5.28 Å². The van der Waals surface area contributed by atoms with Gasteiger partial charge in [0, 0.05) is 24.0 Å². The molecule has 0 amide bonds. The van der Waals surface area contributed by atoms with E-state index in [1.54, 1.807) is 0 Å². The first-order chi connectivity index (χ1) is 8.60. The van der Waals surface area contributed by atoms with Crippen molar-refractivity contribution in [1.82, 2.24) is 9.97 Å². The maximum atomic E-state index is 5.92. The summed E-state index contributed by atoms with van der Waals surface area (Å²) in [5.74, 6) is 0.834. The Morgan fingerprint density at radius 3 is 2.56 bits per heavy atom. The first kappa shape index (κ1) is 12.8. The molecule has 0 unspecified atom stereocenters. The third-order valence-corrected chi connectivity index (χ3v) is 2.89. The van der Waals surface area contributed by atoms with Gasteiger partial charge in [0.2, 0.25) is 5.28 Å². The predicted molar refractivity (Wildman–Crippen MR) is 75.6 cm³/mol. The molecule has 3 nitrogen and oxygen atoms in total. The Labute approximate surface area is 112 Å². The van der Waals surface area contributed by atoms with Gasteiger partial charge < -0.3 is 4.90 Å². The number of hydrogen-bond donors (Lipinski definition) is 0. The Balaban J connectivity index is 2.45. The molecule has 0 saturated heterocycles. The second-order valence-electron chi connectivity index (χ2n) is 4.22. The zero-order valence-corrected chi connectivity index (χ0v) is 11.6. The Bertz CT molecular complexity index is 534. The lowest BCUT2D eigenvalue weighted by Gasteiger charge is -2.22. The van der Waals surface area contributed by atoms with Gasteiger partial charge >= 0.3 is 0 Å². The summed E-state index contributed by atoms with van der Waals surface area (Å²) in [5, 5.41) is 0.288. The zero-order valence-electron chi connectivity index (χ0n) is 10.8. The number of aromatic nitrogens is 2. The Morgan fingerprint density at radius 2 is 1.94 bits per heavy atom. The molecule has 0 fully saturated rings. The van der Waals surface area contributed by atoms with Crippen LogP contribution in [0.25, 0.3) is 0 Å². The molecule has 1 aromatic heterocycles. The van der Waals surface area contributed by atoms with E-state index in [-0.39, 0.29) is 5.28 Å². The van der Waals surface area contributed by atoms with Crippen LogP contribution in [0.3, 0.4) is 0 Å². The smallest absolute Gasteiger partial charge is 0.224 e. The number of nitrogens with zero attached hydrogens (tertiary/aromatic N) is 3. The first-order valence-electron chi connectivity index (χ1n) is 5.95. The lowest BCUT2D eigenvalue weighted by atomic mass is 10.2. The summed E-state index contributed by atoms with van der Waals surface area (Å²) in [6, 6.07) is 10.3. The van der Waals surface area contributed by atoms with Crippen molar-refractivity contribution in [2.75, 3.05) is 11.4 Å². The summed E-state index contributed by atoms with van der Waals surface area (Å²) in [6.45, 7) is 6.92. The highest BCUT2D eigenvalue weighted by molar-refractivity contribution is 6.28. The monoisotopic (exact) mass is 261 g/mol. The van der Waals surface area contributed by atoms with Gasteiger partial charge in [-0.1, -0.05) is 12.1 Å². The molecule has 0 saturated carbocycles. The van der Waals surface area contributed by atoms with Crippen molar-refractivity contribution in [3.63, 3.8) is 0 Å². The molecular weight excluding hydrogens is 246 g/mol. The normalized spacial score (nSPS) is 10.4. The fourth-order valence-electron chi connectivity index (χ4n) is 1.93. The summed E-state index contributed by atoms with van der Waals surface area (Å²) < 4.78 is 0. The average Bonchev–Trinajstić information content (AvgIpc) is 2.28. The molecule has 2 aromatic rings. The van der Waals surface area contributed by atoms with Crippen LogP contribution in [0.15, 0.2) is 30.3 Å². The molecule has 4 heteroatoms. The van der Waals surface area contributed by atoms with Gasteiger partial charge in [-0.05, 0) is 50.1 Å². The van der Waals surface area contributed by atoms with Gasteiger partial charge in [0.15, 0.2) is 0 Å². The highest BCUT2D eigenvalue weighted by atomic mass is 35.5. The molecule has 0 radical (unpaired) electrons. The molecule has 1 aromatic carbocycles. The third kappa shape index (κ3) is 2.79. The molecule has 0 bridgehead atoms. The lowest BCUT2D eigenvalue weighted by Crippen LogP contribution is -2.18. The van der Waals surface area contributed by atoms with Gasteiger partial charge in [0.05, 0.1) is 0 Å². The average molecular weight is 262 g/mol. The first-order valence-corrected chi connectivity index (χ1v) is 6.33. The fourth-order valence-corrected chi connectivity index (χ4v) is 2.15. The van der Waals surface area contributed by atoms with Gasteiger partial charge in [-0.25, -0.2) is 9.97 Å². The molecule has 2 rings (SSSR count). The van der Waals surface area contributed by atoms with Crippen molar-refractivity contribution in [2.24, 2.45) is 0 Å². The molecule has 0 N–H and O–H groups in total. The minimum atomic E-state index is 0.288. The van der Waals surface area contributed by atoms with Crippen molar-refractivity contribution in [3.05, 3.63) is 46.9 Å². The molecule has 1 heterocycles. The van der Waals surface area contributed by atoms with Crippen molar-refractivity contribution < 1.29 is 0 Å². The largest absolute Gasteiger partial charge is 0.327 e. The summed E-state index contributed by atoms with van der Waals surface area (Å²) in [7, 11) is 0. The zero-order chi connectivity index (χ0) is 13.1. The number of anilines is 2. The van der Waals surface area contributed by atoms with E-state index in [0.29, 0.717) is 0 Å². The Hall–Kier alpha value is -1.61. The quantitative estimate of drug-likeness (QED) is 0.785. The van der Waals surface area contributed by atoms with E-state index in [1.807, 2.05) is 19.1 Å². The summed E-state index contributed by atoms with van der Waals surface area (Å²) in [5.41, 5.74) is 3.21.